The molecule has 0 amide bonds. The summed E-state index contributed by atoms with van der Waals surface area (Å²) in [6.07, 6.45) is 10.2. The van der Waals surface area contributed by atoms with Gasteiger partial charge in [0.25, 0.3) is 0 Å². The standard InChI is InChI=1S/C22H28N2O2/c1-25-20-9-8-18(15-21(20)26-19-6-2-3-7-19)22(16-24)12-10-17(11-13-22)5-4-14-23/h8-9,15,17,19H,2-7,10-13H2,1H3. The average Bonchev–Trinajstić information content (AvgIpc) is 3.20. The van der Waals surface area contributed by atoms with Crippen LogP contribution in [0.4, 0.5) is 0 Å². The van der Waals surface area contributed by atoms with Crippen LogP contribution in [0.2, 0.25) is 0 Å². The van der Waals surface area contributed by atoms with Gasteiger partial charge >= 0.3 is 0 Å². The summed E-state index contributed by atoms with van der Waals surface area (Å²) >= 11 is 0. The van der Waals surface area contributed by atoms with Gasteiger partial charge < -0.3 is 9.47 Å². The predicted molar refractivity (Wildman–Crippen MR) is 100.0 cm³/mol. The summed E-state index contributed by atoms with van der Waals surface area (Å²) < 4.78 is 11.7. The predicted octanol–water partition coefficient (Wildman–Crippen LogP) is 5.27. The molecular weight excluding hydrogens is 324 g/mol. The van der Waals surface area contributed by atoms with E-state index < -0.39 is 5.41 Å². The Kier molecular flexibility index (Phi) is 6.04. The summed E-state index contributed by atoms with van der Waals surface area (Å²) in [5, 5.41) is 18.8. The highest BCUT2D eigenvalue weighted by atomic mass is 16.5. The van der Waals surface area contributed by atoms with Crippen LogP contribution in [-0.2, 0) is 5.41 Å². The molecule has 2 aliphatic rings. The first-order valence-corrected chi connectivity index (χ1v) is 9.84. The van der Waals surface area contributed by atoms with E-state index in [1.807, 2.05) is 18.2 Å². The fourth-order valence-corrected chi connectivity index (χ4v) is 4.44. The van der Waals surface area contributed by atoms with Gasteiger partial charge in [0.2, 0.25) is 0 Å². The lowest BCUT2D eigenvalue weighted by Crippen LogP contribution is -2.30. The van der Waals surface area contributed by atoms with Crippen molar-refractivity contribution >= 4 is 0 Å². The first kappa shape index (κ1) is 18.6. The number of ether oxygens (including phenoxy) is 2. The van der Waals surface area contributed by atoms with E-state index in [1.54, 1.807) is 7.11 Å². The Bertz CT molecular complexity index is 687. The third-order valence-corrected chi connectivity index (χ3v) is 6.15. The molecule has 2 saturated carbocycles. The topological polar surface area (TPSA) is 66.0 Å². The van der Waals surface area contributed by atoms with E-state index in [0.29, 0.717) is 12.3 Å². The fourth-order valence-electron chi connectivity index (χ4n) is 4.44. The maximum atomic E-state index is 9.98. The summed E-state index contributed by atoms with van der Waals surface area (Å²) in [5.74, 6) is 2.10. The van der Waals surface area contributed by atoms with Gasteiger partial charge in [-0.05, 0) is 81.4 Å². The first-order valence-electron chi connectivity index (χ1n) is 9.84. The van der Waals surface area contributed by atoms with Crippen LogP contribution in [0.5, 0.6) is 11.5 Å². The van der Waals surface area contributed by atoms with E-state index in [-0.39, 0.29) is 6.10 Å². The largest absolute Gasteiger partial charge is 0.493 e. The average molecular weight is 352 g/mol. The van der Waals surface area contributed by atoms with Crippen molar-refractivity contribution in [1.82, 2.24) is 0 Å². The Hall–Kier alpha value is -2.20. The minimum Gasteiger partial charge on any atom is -0.493 e. The molecule has 0 atom stereocenters. The Labute approximate surface area is 156 Å². The third kappa shape index (κ3) is 3.96. The SMILES string of the molecule is COc1ccc(C2(C#N)CCC(CCC#N)CC2)cc1OC1CCCC1. The molecule has 138 valence electrons. The number of methoxy groups -OCH3 is 1. The Morgan fingerprint density at radius 3 is 2.42 bits per heavy atom. The van der Waals surface area contributed by atoms with Crippen molar-refractivity contribution in [2.75, 3.05) is 7.11 Å². The van der Waals surface area contributed by atoms with Gasteiger partial charge in [-0.15, -0.1) is 0 Å². The second kappa shape index (κ2) is 8.45. The van der Waals surface area contributed by atoms with Crippen molar-refractivity contribution < 1.29 is 9.47 Å². The molecule has 3 rings (SSSR count). The van der Waals surface area contributed by atoms with Gasteiger partial charge in [0.05, 0.1) is 30.8 Å². The van der Waals surface area contributed by atoms with E-state index in [2.05, 4.69) is 12.1 Å². The highest BCUT2D eigenvalue weighted by Crippen LogP contribution is 2.45. The zero-order chi connectivity index (χ0) is 18.4. The van der Waals surface area contributed by atoms with E-state index in [4.69, 9.17) is 14.7 Å². The molecule has 2 fully saturated rings. The number of benzene rings is 1. The summed E-state index contributed by atoms with van der Waals surface area (Å²) in [6, 6.07) is 10.9. The van der Waals surface area contributed by atoms with Gasteiger partial charge in [-0.3, -0.25) is 0 Å². The molecule has 1 aromatic carbocycles. The van der Waals surface area contributed by atoms with Crippen molar-refractivity contribution in [3.63, 3.8) is 0 Å². The molecule has 2 aliphatic carbocycles. The summed E-state index contributed by atoms with van der Waals surface area (Å²) in [6.45, 7) is 0. The lowest BCUT2D eigenvalue weighted by molar-refractivity contribution is 0.199. The van der Waals surface area contributed by atoms with Crippen molar-refractivity contribution in [3.05, 3.63) is 23.8 Å². The van der Waals surface area contributed by atoms with Crippen LogP contribution < -0.4 is 9.47 Å². The maximum absolute atomic E-state index is 9.98. The van der Waals surface area contributed by atoms with Crippen LogP contribution in [-0.4, -0.2) is 13.2 Å². The number of nitrogens with zero attached hydrogens (tertiary/aromatic N) is 2. The van der Waals surface area contributed by atoms with E-state index >= 15 is 0 Å². The minimum absolute atomic E-state index is 0.263. The van der Waals surface area contributed by atoms with Crippen LogP contribution >= 0.6 is 0 Å². The molecule has 1 aromatic rings. The molecule has 0 radical (unpaired) electrons. The molecule has 0 bridgehead atoms. The van der Waals surface area contributed by atoms with Gasteiger partial charge in [0.1, 0.15) is 0 Å². The molecule has 0 N–H and O–H groups in total. The molecule has 0 saturated heterocycles. The highest BCUT2D eigenvalue weighted by Gasteiger charge is 2.37. The van der Waals surface area contributed by atoms with Crippen LogP contribution in [0.1, 0.15) is 69.8 Å². The van der Waals surface area contributed by atoms with Crippen LogP contribution in [0.15, 0.2) is 18.2 Å². The highest BCUT2D eigenvalue weighted by molar-refractivity contribution is 5.47. The Morgan fingerprint density at radius 2 is 1.81 bits per heavy atom. The van der Waals surface area contributed by atoms with Gasteiger partial charge in [0, 0.05) is 6.42 Å². The van der Waals surface area contributed by atoms with E-state index in [0.717, 1.165) is 62.0 Å². The zero-order valence-electron chi connectivity index (χ0n) is 15.7. The summed E-state index contributed by atoms with van der Waals surface area (Å²) in [4.78, 5) is 0. The molecular formula is C22H28N2O2. The monoisotopic (exact) mass is 352 g/mol. The molecule has 4 heteroatoms. The molecule has 0 heterocycles. The summed E-state index contributed by atoms with van der Waals surface area (Å²) in [7, 11) is 1.66. The lowest BCUT2D eigenvalue weighted by atomic mass is 9.67. The van der Waals surface area contributed by atoms with Crippen molar-refractivity contribution in [2.24, 2.45) is 5.92 Å². The molecule has 0 aliphatic heterocycles. The number of nitriles is 2. The molecule has 0 unspecified atom stereocenters. The van der Waals surface area contributed by atoms with Crippen molar-refractivity contribution in [3.8, 4) is 23.6 Å². The van der Waals surface area contributed by atoms with Crippen molar-refractivity contribution in [1.29, 1.82) is 10.5 Å². The first-order chi connectivity index (χ1) is 12.7. The normalized spacial score (nSPS) is 26.0. The second-order valence-electron chi connectivity index (χ2n) is 7.72. The van der Waals surface area contributed by atoms with Gasteiger partial charge in [-0.25, -0.2) is 0 Å². The van der Waals surface area contributed by atoms with Crippen LogP contribution in [0.3, 0.4) is 0 Å². The minimum atomic E-state index is -0.441. The van der Waals surface area contributed by atoms with Crippen molar-refractivity contribution in [2.45, 2.75) is 75.7 Å². The molecule has 0 spiro atoms. The molecule has 0 aromatic heterocycles. The zero-order valence-corrected chi connectivity index (χ0v) is 15.7. The number of hydrogen-bond donors (Lipinski definition) is 0. The van der Waals surface area contributed by atoms with Gasteiger partial charge in [-0.2, -0.15) is 10.5 Å². The molecule has 4 nitrogen and oxygen atoms in total. The summed E-state index contributed by atoms with van der Waals surface area (Å²) in [5.41, 5.74) is 0.607. The molecule has 26 heavy (non-hydrogen) atoms. The number of rotatable bonds is 6. The van der Waals surface area contributed by atoms with Gasteiger partial charge in [0.15, 0.2) is 11.5 Å². The third-order valence-electron chi connectivity index (χ3n) is 6.15. The van der Waals surface area contributed by atoms with Crippen LogP contribution in [0.25, 0.3) is 0 Å². The van der Waals surface area contributed by atoms with E-state index in [1.165, 1.54) is 12.8 Å². The lowest BCUT2D eigenvalue weighted by Gasteiger charge is -2.35. The second-order valence-corrected chi connectivity index (χ2v) is 7.72. The maximum Gasteiger partial charge on any atom is 0.161 e. The van der Waals surface area contributed by atoms with Crippen LogP contribution in [0, 0.1) is 28.6 Å². The number of hydrogen-bond acceptors (Lipinski definition) is 4. The van der Waals surface area contributed by atoms with Gasteiger partial charge in [-0.1, -0.05) is 6.07 Å². The quantitative estimate of drug-likeness (QED) is 0.699. The Balaban J connectivity index is 1.78. The Morgan fingerprint density at radius 1 is 1.08 bits per heavy atom. The smallest absolute Gasteiger partial charge is 0.161 e. The van der Waals surface area contributed by atoms with E-state index in [9.17, 15) is 5.26 Å². The fraction of sp³-hybridized carbons (Fsp3) is 0.636.